The van der Waals surface area contributed by atoms with E-state index in [1.807, 2.05) is 17.8 Å². The molecule has 88 valence electrons. The molecule has 1 aromatic rings. The molecule has 1 aromatic heterocycles. The summed E-state index contributed by atoms with van der Waals surface area (Å²) in [7, 11) is 0. The zero-order chi connectivity index (χ0) is 11.8. The van der Waals surface area contributed by atoms with Crippen molar-refractivity contribution < 1.29 is 0 Å². The van der Waals surface area contributed by atoms with Crippen LogP contribution in [0.2, 0.25) is 0 Å². The third-order valence-corrected chi connectivity index (χ3v) is 2.21. The van der Waals surface area contributed by atoms with Gasteiger partial charge in [-0.15, -0.1) is 11.8 Å². The predicted molar refractivity (Wildman–Crippen MR) is 66.8 cm³/mol. The van der Waals surface area contributed by atoms with Crippen LogP contribution in [0.4, 0.5) is 0 Å². The molecule has 0 aliphatic heterocycles. The van der Waals surface area contributed by atoms with Gasteiger partial charge in [-0.25, -0.2) is 0 Å². The molecule has 1 rings (SSSR count). The van der Waals surface area contributed by atoms with Crippen molar-refractivity contribution in [2.45, 2.75) is 40.3 Å². The molecule has 1 N–H and O–H groups in total. The monoisotopic (exact) mass is 219 g/mol. The second kappa shape index (κ2) is 7.08. The van der Waals surface area contributed by atoms with Crippen LogP contribution in [0.15, 0.2) is 12.4 Å². The maximum atomic E-state index is 4.29. The molecule has 0 atom stereocenters. The predicted octanol–water partition coefficient (Wildman–Crippen LogP) is 2.04. The van der Waals surface area contributed by atoms with Crippen LogP contribution in [-0.4, -0.2) is 16.3 Å². The van der Waals surface area contributed by atoms with E-state index in [4.69, 9.17) is 0 Å². The molecule has 0 aliphatic carbocycles. The van der Waals surface area contributed by atoms with E-state index >= 15 is 0 Å². The molecule has 0 bridgehead atoms. The Morgan fingerprint density at radius 2 is 2.31 bits per heavy atom. The van der Waals surface area contributed by atoms with E-state index in [1.165, 1.54) is 5.56 Å². The minimum Gasteiger partial charge on any atom is -0.312 e. The third kappa shape index (κ3) is 4.99. The Hall–Kier alpha value is -1.27. The highest BCUT2D eigenvalue weighted by Crippen LogP contribution is 1.99. The first-order valence-corrected chi connectivity index (χ1v) is 5.84. The maximum Gasteiger partial charge on any atom is 0.0534 e. The van der Waals surface area contributed by atoms with Gasteiger partial charge in [0.2, 0.25) is 0 Å². The van der Waals surface area contributed by atoms with Gasteiger partial charge in [0.05, 0.1) is 12.7 Å². The topological polar surface area (TPSA) is 29.9 Å². The lowest BCUT2D eigenvalue weighted by Gasteiger charge is -2.04. The molecule has 0 saturated carbocycles. The van der Waals surface area contributed by atoms with Gasteiger partial charge in [0.25, 0.3) is 0 Å². The minimum atomic E-state index is 0.690. The van der Waals surface area contributed by atoms with E-state index in [0.717, 1.165) is 26.1 Å². The Balaban J connectivity index is 2.29. The van der Waals surface area contributed by atoms with Crippen molar-refractivity contribution >= 4 is 0 Å². The van der Waals surface area contributed by atoms with Crippen LogP contribution in [0.3, 0.4) is 0 Å². The van der Waals surface area contributed by atoms with Gasteiger partial charge in [0, 0.05) is 24.7 Å². The van der Waals surface area contributed by atoms with Crippen molar-refractivity contribution in [2.24, 2.45) is 5.92 Å². The van der Waals surface area contributed by atoms with Crippen molar-refractivity contribution in [2.75, 3.05) is 6.54 Å². The fourth-order valence-electron chi connectivity index (χ4n) is 1.42. The van der Waals surface area contributed by atoms with E-state index in [-0.39, 0.29) is 0 Å². The number of hydrogen-bond donors (Lipinski definition) is 1. The highest BCUT2D eigenvalue weighted by atomic mass is 15.3. The van der Waals surface area contributed by atoms with E-state index in [9.17, 15) is 0 Å². The number of aryl methyl sites for hydroxylation is 1. The summed E-state index contributed by atoms with van der Waals surface area (Å²) in [6.07, 6.45) is 4.88. The van der Waals surface area contributed by atoms with Crippen molar-refractivity contribution in [3.05, 3.63) is 18.0 Å². The zero-order valence-electron chi connectivity index (χ0n) is 10.5. The Morgan fingerprint density at radius 3 is 3.00 bits per heavy atom. The molecule has 0 spiro atoms. The van der Waals surface area contributed by atoms with Gasteiger partial charge < -0.3 is 5.32 Å². The van der Waals surface area contributed by atoms with Crippen LogP contribution >= 0.6 is 0 Å². The fraction of sp³-hybridized carbons (Fsp3) is 0.615. The summed E-state index contributed by atoms with van der Waals surface area (Å²) in [5.74, 6) is 6.62. The molecule has 1 heterocycles. The summed E-state index contributed by atoms with van der Waals surface area (Å²) in [5.41, 5.74) is 1.24. The average molecular weight is 219 g/mol. The van der Waals surface area contributed by atoms with Gasteiger partial charge in [-0.3, -0.25) is 4.68 Å². The van der Waals surface area contributed by atoms with Crippen molar-refractivity contribution in [3.63, 3.8) is 0 Å². The quantitative estimate of drug-likeness (QED) is 0.742. The smallest absolute Gasteiger partial charge is 0.0534 e. The van der Waals surface area contributed by atoms with Crippen LogP contribution < -0.4 is 5.32 Å². The van der Waals surface area contributed by atoms with E-state index in [1.54, 1.807) is 0 Å². The van der Waals surface area contributed by atoms with Gasteiger partial charge in [0.15, 0.2) is 0 Å². The summed E-state index contributed by atoms with van der Waals surface area (Å²) < 4.78 is 1.96. The standard InChI is InChI=1S/C13H21N3/c1-4-5-6-7-16-11-13(10-15-16)9-14-8-12(2)3/h10-12,14H,6-9H2,1-3H3. The molecule has 3 nitrogen and oxygen atoms in total. The molecule has 0 amide bonds. The molecule has 0 saturated heterocycles. The first-order chi connectivity index (χ1) is 7.72. The molecule has 3 heteroatoms. The number of nitrogens with one attached hydrogen (secondary N) is 1. The minimum absolute atomic E-state index is 0.690. The van der Waals surface area contributed by atoms with Gasteiger partial charge in [-0.2, -0.15) is 5.10 Å². The molecular weight excluding hydrogens is 198 g/mol. The van der Waals surface area contributed by atoms with E-state index in [2.05, 4.69) is 42.3 Å². The fourth-order valence-corrected chi connectivity index (χ4v) is 1.42. The highest BCUT2D eigenvalue weighted by molar-refractivity contribution is 5.03. The Morgan fingerprint density at radius 1 is 1.50 bits per heavy atom. The summed E-state index contributed by atoms with van der Waals surface area (Å²) >= 11 is 0. The van der Waals surface area contributed by atoms with Crippen molar-refractivity contribution in [3.8, 4) is 11.8 Å². The summed E-state index contributed by atoms with van der Waals surface area (Å²) in [4.78, 5) is 0. The summed E-state index contributed by atoms with van der Waals surface area (Å²) in [6, 6.07) is 0. The number of nitrogens with zero attached hydrogens (tertiary/aromatic N) is 2. The molecular formula is C13H21N3. The average Bonchev–Trinajstić information content (AvgIpc) is 2.66. The molecule has 0 aromatic carbocycles. The maximum absolute atomic E-state index is 4.29. The summed E-state index contributed by atoms with van der Waals surface area (Å²) in [6.45, 7) is 9.11. The van der Waals surface area contributed by atoms with Crippen LogP contribution in [0.5, 0.6) is 0 Å². The lowest BCUT2D eigenvalue weighted by atomic mass is 10.2. The van der Waals surface area contributed by atoms with Crippen molar-refractivity contribution in [1.29, 1.82) is 0 Å². The van der Waals surface area contributed by atoms with Crippen LogP contribution in [-0.2, 0) is 13.1 Å². The number of rotatable bonds is 6. The van der Waals surface area contributed by atoms with Crippen molar-refractivity contribution in [1.82, 2.24) is 15.1 Å². The van der Waals surface area contributed by atoms with Gasteiger partial charge in [-0.05, 0) is 19.4 Å². The van der Waals surface area contributed by atoms with Gasteiger partial charge in [-0.1, -0.05) is 13.8 Å². The third-order valence-electron chi connectivity index (χ3n) is 2.21. The molecule has 0 fully saturated rings. The Labute approximate surface area is 98.2 Å². The molecule has 0 radical (unpaired) electrons. The SMILES string of the molecule is CC#CCCn1cc(CNCC(C)C)cn1. The first-order valence-electron chi connectivity index (χ1n) is 5.84. The zero-order valence-corrected chi connectivity index (χ0v) is 10.5. The Bertz CT molecular complexity index is 355. The number of hydrogen-bond acceptors (Lipinski definition) is 2. The Kier molecular flexibility index (Phi) is 5.66. The first kappa shape index (κ1) is 12.8. The van der Waals surface area contributed by atoms with Crippen LogP contribution in [0.1, 0.15) is 32.8 Å². The second-order valence-corrected chi connectivity index (χ2v) is 4.31. The van der Waals surface area contributed by atoms with Gasteiger partial charge in [0.1, 0.15) is 0 Å². The van der Waals surface area contributed by atoms with Crippen LogP contribution in [0, 0.1) is 17.8 Å². The molecule has 0 aliphatic rings. The molecule has 16 heavy (non-hydrogen) atoms. The number of aromatic nitrogens is 2. The lowest BCUT2D eigenvalue weighted by molar-refractivity contribution is 0.551. The largest absolute Gasteiger partial charge is 0.312 e. The van der Waals surface area contributed by atoms with Crippen LogP contribution in [0.25, 0.3) is 0 Å². The van der Waals surface area contributed by atoms with Gasteiger partial charge >= 0.3 is 0 Å². The van der Waals surface area contributed by atoms with E-state index < -0.39 is 0 Å². The summed E-state index contributed by atoms with van der Waals surface area (Å²) in [5, 5.41) is 7.70. The second-order valence-electron chi connectivity index (χ2n) is 4.31. The lowest BCUT2D eigenvalue weighted by Crippen LogP contribution is -2.18. The molecule has 0 unspecified atom stereocenters. The van der Waals surface area contributed by atoms with E-state index in [0.29, 0.717) is 5.92 Å². The highest BCUT2D eigenvalue weighted by Gasteiger charge is 1.98. The normalized spacial score (nSPS) is 10.2.